The highest BCUT2D eigenvalue weighted by Crippen LogP contribution is 2.45. The van der Waals surface area contributed by atoms with Crippen LogP contribution in [0.25, 0.3) is 115 Å². The van der Waals surface area contributed by atoms with Crippen LogP contribution in [0.1, 0.15) is 0 Å². The summed E-state index contributed by atoms with van der Waals surface area (Å²) in [6.07, 6.45) is 0. The van der Waals surface area contributed by atoms with E-state index in [1.807, 2.05) is 72.0 Å². The molecule has 0 aliphatic heterocycles. The second kappa shape index (κ2) is 11.7. The van der Waals surface area contributed by atoms with Gasteiger partial charge in [-0.25, -0.2) is 15.0 Å². The van der Waals surface area contributed by atoms with Crippen LogP contribution >= 0.6 is 11.3 Å². The second-order valence-electron chi connectivity index (χ2n) is 13.9. The van der Waals surface area contributed by atoms with E-state index in [4.69, 9.17) is 19.4 Å². The van der Waals surface area contributed by atoms with Gasteiger partial charge in [-0.15, -0.1) is 11.3 Å². The van der Waals surface area contributed by atoms with Crippen LogP contribution in [0.4, 0.5) is 0 Å². The first-order chi connectivity index (χ1) is 27.3. The third-order valence-corrected chi connectivity index (χ3v) is 12.0. The Morgan fingerprint density at radius 1 is 0.400 bits per heavy atom. The number of rotatable bonds is 4. The van der Waals surface area contributed by atoms with Crippen LogP contribution in [0.5, 0.6) is 0 Å². The summed E-state index contributed by atoms with van der Waals surface area (Å²) in [5, 5.41) is 9.45. The average molecular weight is 721 g/mol. The molecule has 0 N–H and O–H groups in total. The molecule has 55 heavy (non-hydrogen) atoms. The lowest BCUT2D eigenvalue weighted by Crippen LogP contribution is -2.00. The molecule has 0 unspecified atom stereocenters. The number of fused-ring (bicyclic) bond motifs is 12. The fraction of sp³-hybridized carbons (Fsp3) is 0. The Balaban J connectivity index is 1.10. The van der Waals surface area contributed by atoms with Gasteiger partial charge < -0.3 is 8.98 Å². The SMILES string of the molecule is c1ccc(-c2nc(-c3ccccc3)nc(-c3cc4oc5ccc(-n6c7ccccc7c7c8c(ccc76)sc6ccccc68)cc5c4c4ccccc34)n2)cc1. The van der Waals surface area contributed by atoms with Crippen molar-refractivity contribution in [3.63, 3.8) is 0 Å². The molecule has 12 rings (SSSR count). The molecule has 256 valence electrons. The second-order valence-corrected chi connectivity index (χ2v) is 15.0. The van der Waals surface area contributed by atoms with Crippen LogP contribution in [-0.4, -0.2) is 19.5 Å². The van der Waals surface area contributed by atoms with Gasteiger partial charge in [0.2, 0.25) is 0 Å². The highest BCUT2D eigenvalue weighted by atomic mass is 32.1. The molecule has 0 atom stereocenters. The van der Waals surface area contributed by atoms with Gasteiger partial charge in [-0.2, -0.15) is 0 Å². The number of aromatic nitrogens is 4. The number of thiophene rings is 1. The normalized spacial score (nSPS) is 12.0. The largest absolute Gasteiger partial charge is 0.456 e. The molecule has 4 heterocycles. The van der Waals surface area contributed by atoms with Crippen molar-refractivity contribution < 1.29 is 4.42 Å². The van der Waals surface area contributed by atoms with Gasteiger partial charge >= 0.3 is 0 Å². The van der Waals surface area contributed by atoms with Gasteiger partial charge in [0.15, 0.2) is 17.5 Å². The molecule has 0 radical (unpaired) electrons. The topological polar surface area (TPSA) is 56.7 Å². The van der Waals surface area contributed by atoms with Gasteiger partial charge in [0.05, 0.1) is 11.0 Å². The minimum Gasteiger partial charge on any atom is -0.456 e. The summed E-state index contributed by atoms with van der Waals surface area (Å²) < 4.78 is 11.7. The summed E-state index contributed by atoms with van der Waals surface area (Å²) >= 11 is 1.86. The fourth-order valence-corrected chi connectivity index (χ4v) is 9.55. The number of nitrogens with zero attached hydrogens (tertiary/aromatic N) is 4. The first kappa shape index (κ1) is 30.3. The van der Waals surface area contributed by atoms with E-state index in [0.717, 1.165) is 55.1 Å². The van der Waals surface area contributed by atoms with Crippen molar-refractivity contribution in [1.29, 1.82) is 0 Å². The zero-order chi connectivity index (χ0) is 36.0. The number of hydrogen-bond donors (Lipinski definition) is 0. The van der Waals surface area contributed by atoms with E-state index in [9.17, 15) is 0 Å². The van der Waals surface area contributed by atoms with Gasteiger partial charge in [-0.05, 0) is 59.3 Å². The summed E-state index contributed by atoms with van der Waals surface area (Å²) in [4.78, 5) is 15.1. The zero-order valence-corrected chi connectivity index (χ0v) is 30.1. The van der Waals surface area contributed by atoms with Crippen LogP contribution in [0, 0.1) is 0 Å². The molecule has 4 aromatic heterocycles. The zero-order valence-electron chi connectivity index (χ0n) is 29.3. The third-order valence-electron chi connectivity index (χ3n) is 10.8. The van der Waals surface area contributed by atoms with E-state index in [-0.39, 0.29) is 0 Å². The Morgan fingerprint density at radius 2 is 1.04 bits per heavy atom. The Labute approximate surface area is 318 Å². The lowest BCUT2D eigenvalue weighted by atomic mass is 9.98. The van der Waals surface area contributed by atoms with Gasteiger partial charge in [-0.3, -0.25) is 0 Å². The molecule has 5 nitrogen and oxygen atoms in total. The molecule has 6 heteroatoms. The standard InChI is InChI=1S/C49H28N4OS/c1-3-13-29(14-4-1)47-50-48(30-15-5-2-6-16-30)52-49(51-47)36-28-41-44(33-18-8-7-17-32(33)36)37-27-31(23-25-40(37)54-41)53-38-21-11-9-19-34(38)45-39(53)24-26-43-46(45)35-20-10-12-22-42(35)55-43/h1-28H. The predicted molar refractivity (Wildman–Crippen MR) is 228 cm³/mol. The molecule has 12 aromatic rings. The van der Waals surface area contributed by atoms with Crippen molar-refractivity contribution in [2.24, 2.45) is 0 Å². The molecule has 0 saturated heterocycles. The van der Waals surface area contributed by atoms with Crippen molar-refractivity contribution in [2.75, 3.05) is 0 Å². The number of furan rings is 1. The average Bonchev–Trinajstić information content (AvgIpc) is 3.93. The maximum Gasteiger partial charge on any atom is 0.164 e. The molecule has 8 aromatic carbocycles. The maximum atomic E-state index is 6.72. The van der Waals surface area contributed by atoms with Gasteiger partial charge in [0, 0.05) is 64.1 Å². The molecule has 0 aliphatic rings. The van der Waals surface area contributed by atoms with Gasteiger partial charge in [-0.1, -0.05) is 121 Å². The molecule has 0 saturated carbocycles. The minimum absolute atomic E-state index is 0.601. The molecule has 0 fully saturated rings. The fourth-order valence-electron chi connectivity index (χ4n) is 8.43. The van der Waals surface area contributed by atoms with Crippen LogP contribution in [-0.2, 0) is 0 Å². The van der Waals surface area contributed by atoms with Crippen LogP contribution < -0.4 is 0 Å². The highest BCUT2D eigenvalue weighted by molar-refractivity contribution is 7.26. The van der Waals surface area contributed by atoms with Crippen LogP contribution in [0.2, 0.25) is 0 Å². The van der Waals surface area contributed by atoms with Crippen molar-refractivity contribution in [2.45, 2.75) is 0 Å². The molecule has 0 amide bonds. The monoisotopic (exact) mass is 720 g/mol. The van der Waals surface area contributed by atoms with E-state index in [0.29, 0.717) is 17.5 Å². The lowest BCUT2D eigenvalue weighted by Gasteiger charge is -2.11. The van der Waals surface area contributed by atoms with Gasteiger partial charge in [0.25, 0.3) is 0 Å². The lowest BCUT2D eigenvalue weighted by molar-refractivity contribution is 0.669. The summed E-state index contributed by atoms with van der Waals surface area (Å²) in [7, 11) is 0. The van der Waals surface area contributed by atoms with E-state index in [1.165, 1.54) is 42.0 Å². The molecular weight excluding hydrogens is 693 g/mol. The van der Waals surface area contributed by atoms with E-state index < -0.39 is 0 Å². The highest BCUT2D eigenvalue weighted by Gasteiger charge is 2.21. The summed E-state index contributed by atoms with van der Waals surface area (Å²) in [5.41, 5.74) is 7.84. The third kappa shape index (κ3) is 4.55. The summed E-state index contributed by atoms with van der Waals surface area (Å²) in [6, 6.07) is 59.5. The van der Waals surface area contributed by atoms with Crippen molar-refractivity contribution in [3.8, 4) is 39.9 Å². The van der Waals surface area contributed by atoms with E-state index in [1.54, 1.807) is 0 Å². The maximum absolute atomic E-state index is 6.72. The van der Waals surface area contributed by atoms with Crippen molar-refractivity contribution in [1.82, 2.24) is 19.5 Å². The molecular formula is C49H28N4OS. The van der Waals surface area contributed by atoms with E-state index in [2.05, 4.69) is 114 Å². The van der Waals surface area contributed by atoms with Crippen LogP contribution in [0.15, 0.2) is 174 Å². The number of para-hydroxylation sites is 1. The Morgan fingerprint density at radius 3 is 1.80 bits per heavy atom. The number of benzene rings is 8. The summed E-state index contributed by atoms with van der Waals surface area (Å²) in [5.74, 6) is 1.85. The van der Waals surface area contributed by atoms with Crippen molar-refractivity contribution in [3.05, 3.63) is 170 Å². The predicted octanol–water partition coefficient (Wildman–Crippen LogP) is 13.4. The van der Waals surface area contributed by atoms with E-state index >= 15 is 0 Å². The first-order valence-corrected chi connectivity index (χ1v) is 19.2. The van der Waals surface area contributed by atoms with Crippen molar-refractivity contribution >= 4 is 86.0 Å². The summed E-state index contributed by atoms with van der Waals surface area (Å²) in [6.45, 7) is 0. The minimum atomic E-state index is 0.601. The quantitative estimate of drug-likeness (QED) is 0.182. The smallest absolute Gasteiger partial charge is 0.164 e. The molecule has 0 bridgehead atoms. The van der Waals surface area contributed by atoms with Crippen LogP contribution in [0.3, 0.4) is 0 Å². The van der Waals surface area contributed by atoms with Gasteiger partial charge in [0.1, 0.15) is 11.2 Å². The Hall–Kier alpha value is -7.15. The molecule has 0 aliphatic carbocycles. The number of hydrogen-bond acceptors (Lipinski definition) is 5. The Kier molecular flexibility index (Phi) is 6.44. The Bertz CT molecular complexity index is 3430. The molecule has 0 spiro atoms. The first-order valence-electron chi connectivity index (χ1n) is 18.4.